The van der Waals surface area contributed by atoms with E-state index in [4.69, 9.17) is 0 Å². The van der Waals surface area contributed by atoms with E-state index in [0.29, 0.717) is 43.6 Å². The Morgan fingerprint density at radius 3 is 2.29 bits per heavy atom. The zero-order valence-corrected chi connectivity index (χ0v) is 25.6. The molecule has 2 aromatic rings. The van der Waals surface area contributed by atoms with Crippen molar-refractivity contribution in [3.05, 3.63) is 74.9 Å². The van der Waals surface area contributed by atoms with Crippen molar-refractivity contribution in [1.82, 2.24) is 14.5 Å². The molecule has 3 aliphatic rings. The van der Waals surface area contributed by atoms with Gasteiger partial charge in [-0.25, -0.2) is 4.39 Å². The Bertz CT molecular complexity index is 1520. The number of halogens is 4. The van der Waals surface area contributed by atoms with Crippen LogP contribution in [-0.2, 0) is 22.3 Å². The molecule has 0 radical (unpaired) electrons. The standard InChI is InChI=1S/C31H34F4N4O5S/c1-19-15-22(27(41)38-10-6-29(43,18-40)7-11-38)16-20(2)23(19)5-14-45(44)39-12-8-30(9-13-39)28(42)36-26(37-30)21-3-4-25(32)24(17-21)31(33,34)35/h3-5,14-17,40,43H,6-13,18H2,1-2H3,(H,36,37,42)/b14-5+. The molecule has 1 spiro atoms. The number of alkyl halides is 3. The lowest BCUT2D eigenvalue weighted by Crippen LogP contribution is -2.50. The van der Waals surface area contributed by atoms with Gasteiger partial charge in [0.2, 0.25) is 0 Å². The lowest BCUT2D eigenvalue weighted by atomic mass is 9.89. The van der Waals surface area contributed by atoms with Gasteiger partial charge in [0.25, 0.3) is 11.8 Å². The number of hydrogen-bond acceptors (Lipinski definition) is 7. The highest BCUT2D eigenvalue weighted by atomic mass is 32.2. The molecule has 3 N–H and O–H groups in total. The fourth-order valence-electron chi connectivity index (χ4n) is 5.96. The second kappa shape index (κ2) is 12.5. The molecule has 242 valence electrons. The number of aliphatic hydroxyl groups excluding tert-OH is 1. The number of carbonyl (C=O) groups is 2. The molecule has 3 heterocycles. The summed E-state index contributed by atoms with van der Waals surface area (Å²) in [5, 5.41) is 23.7. The molecule has 5 rings (SSSR count). The summed E-state index contributed by atoms with van der Waals surface area (Å²) < 4.78 is 68.2. The first-order valence-corrected chi connectivity index (χ1v) is 15.7. The summed E-state index contributed by atoms with van der Waals surface area (Å²) in [5.41, 5.74) is -0.929. The van der Waals surface area contributed by atoms with Crippen molar-refractivity contribution < 1.29 is 41.9 Å². The van der Waals surface area contributed by atoms with Crippen molar-refractivity contribution in [2.45, 2.75) is 56.8 Å². The van der Waals surface area contributed by atoms with Crippen molar-refractivity contribution >= 4 is 35.1 Å². The quantitative estimate of drug-likeness (QED) is 0.325. The maximum atomic E-state index is 13.7. The lowest BCUT2D eigenvalue weighted by Gasteiger charge is -2.37. The Kier molecular flexibility index (Phi) is 9.17. The number of aliphatic imine (C=N–C) groups is 1. The van der Waals surface area contributed by atoms with Gasteiger partial charge in [-0.3, -0.25) is 14.6 Å². The molecule has 2 saturated heterocycles. The van der Waals surface area contributed by atoms with E-state index < -0.39 is 46.0 Å². The van der Waals surface area contributed by atoms with E-state index in [0.717, 1.165) is 22.8 Å². The summed E-state index contributed by atoms with van der Waals surface area (Å²) in [6, 6.07) is 5.99. The number of nitrogens with one attached hydrogen (secondary N) is 1. The first-order chi connectivity index (χ1) is 21.1. The summed E-state index contributed by atoms with van der Waals surface area (Å²) in [7, 11) is 0. The highest BCUT2D eigenvalue weighted by Gasteiger charge is 2.48. The molecule has 1 atom stereocenters. The van der Waals surface area contributed by atoms with Crippen LogP contribution in [0.25, 0.3) is 6.08 Å². The maximum absolute atomic E-state index is 13.7. The molecular formula is C31H34F4N4O5S. The molecule has 2 amide bonds. The van der Waals surface area contributed by atoms with Gasteiger partial charge in [0.15, 0.2) is 0 Å². The largest absolute Gasteiger partial charge is 0.593 e. The van der Waals surface area contributed by atoms with E-state index in [2.05, 4.69) is 10.3 Å². The third-order valence-corrected chi connectivity index (χ3v) is 10.0. The van der Waals surface area contributed by atoms with Crippen molar-refractivity contribution in [3.8, 4) is 0 Å². The molecule has 0 bridgehead atoms. The van der Waals surface area contributed by atoms with Gasteiger partial charge in [-0.2, -0.15) is 13.2 Å². The molecule has 14 heteroatoms. The number of nitrogens with zero attached hydrogens (tertiary/aromatic N) is 3. The second-order valence-corrected chi connectivity index (χ2v) is 13.2. The summed E-state index contributed by atoms with van der Waals surface area (Å²) in [6.45, 7) is 4.52. The van der Waals surface area contributed by atoms with Gasteiger partial charge in [0.05, 0.1) is 29.1 Å². The summed E-state index contributed by atoms with van der Waals surface area (Å²) in [6.07, 6.45) is -2.19. The topological polar surface area (TPSA) is 129 Å². The number of likely N-dealkylation sites (tertiary alicyclic amines) is 1. The average Bonchev–Trinajstić information content (AvgIpc) is 3.31. The molecular weight excluding hydrogens is 616 g/mol. The Morgan fingerprint density at radius 1 is 1.09 bits per heavy atom. The van der Waals surface area contributed by atoms with Gasteiger partial charge >= 0.3 is 6.18 Å². The van der Waals surface area contributed by atoms with Crippen molar-refractivity contribution in [2.75, 3.05) is 32.8 Å². The normalized spacial score (nSPS) is 20.9. The average molecular weight is 651 g/mol. The molecule has 2 fully saturated rings. The molecule has 2 aromatic carbocycles. The first kappa shape index (κ1) is 33.1. The van der Waals surface area contributed by atoms with Gasteiger partial charge in [-0.1, -0.05) is 0 Å². The Morgan fingerprint density at radius 2 is 1.71 bits per heavy atom. The summed E-state index contributed by atoms with van der Waals surface area (Å²) in [4.78, 5) is 32.1. The van der Waals surface area contributed by atoms with E-state index in [-0.39, 0.29) is 49.8 Å². The predicted octanol–water partition coefficient (Wildman–Crippen LogP) is 3.47. The van der Waals surface area contributed by atoms with Crippen LogP contribution >= 0.6 is 0 Å². The number of carbonyl (C=O) groups excluding carboxylic acids is 2. The van der Waals surface area contributed by atoms with Crippen LogP contribution in [0.3, 0.4) is 0 Å². The number of piperidine rings is 2. The minimum Gasteiger partial charge on any atom is -0.593 e. The number of aliphatic hydroxyl groups is 2. The van der Waals surface area contributed by atoms with E-state index >= 15 is 0 Å². The lowest BCUT2D eigenvalue weighted by molar-refractivity contribution is -0.140. The second-order valence-electron chi connectivity index (χ2n) is 11.8. The van der Waals surface area contributed by atoms with Crippen LogP contribution < -0.4 is 5.32 Å². The van der Waals surface area contributed by atoms with E-state index in [1.807, 2.05) is 13.8 Å². The third kappa shape index (κ3) is 6.80. The molecule has 0 aliphatic carbocycles. The number of hydrogen-bond donors (Lipinski definition) is 3. The zero-order valence-electron chi connectivity index (χ0n) is 24.8. The SMILES string of the molecule is Cc1cc(C(=O)N2CCC(O)(CO)CC2)cc(C)c1/C=C/[S+]([O-])N1CCC2(CC1)N=C(c1ccc(F)c(C(F)(F)F)c1)NC2=O. The van der Waals surface area contributed by atoms with E-state index in [1.54, 1.807) is 27.4 Å². The van der Waals surface area contributed by atoms with Crippen LogP contribution in [0.2, 0.25) is 0 Å². The number of amidine groups is 1. The third-order valence-electron chi connectivity index (χ3n) is 8.80. The number of amides is 2. The number of benzene rings is 2. The fraction of sp³-hybridized carbons (Fsp3) is 0.452. The van der Waals surface area contributed by atoms with Gasteiger partial charge in [-0.05, 0) is 92.6 Å². The molecule has 9 nitrogen and oxygen atoms in total. The van der Waals surface area contributed by atoms with Crippen molar-refractivity contribution in [2.24, 2.45) is 4.99 Å². The fourth-order valence-corrected chi connectivity index (χ4v) is 6.93. The first-order valence-electron chi connectivity index (χ1n) is 14.5. The molecule has 1 unspecified atom stereocenters. The Hall–Kier alpha value is -3.30. The maximum Gasteiger partial charge on any atom is 0.419 e. The van der Waals surface area contributed by atoms with Crippen molar-refractivity contribution in [3.63, 3.8) is 0 Å². The minimum absolute atomic E-state index is 0.0499. The van der Waals surface area contributed by atoms with Crippen LogP contribution in [-0.4, -0.2) is 85.5 Å². The van der Waals surface area contributed by atoms with Crippen LogP contribution in [0.4, 0.5) is 17.6 Å². The molecule has 45 heavy (non-hydrogen) atoms. The zero-order chi connectivity index (χ0) is 32.7. The summed E-state index contributed by atoms with van der Waals surface area (Å²) in [5.74, 6) is -2.10. The molecule has 0 aromatic heterocycles. The van der Waals surface area contributed by atoms with E-state index in [9.17, 15) is 41.9 Å². The molecule has 0 saturated carbocycles. The monoisotopic (exact) mass is 650 g/mol. The van der Waals surface area contributed by atoms with Crippen LogP contribution in [0, 0.1) is 19.7 Å². The van der Waals surface area contributed by atoms with Gasteiger partial charge < -0.3 is 25.0 Å². The van der Waals surface area contributed by atoms with E-state index in [1.165, 1.54) is 5.41 Å². The van der Waals surface area contributed by atoms with Gasteiger partial charge in [-0.15, -0.1) is 4.31 Å². The molecule has 3 aliphatic heterocycles. The highest BCUT2D eigenvalue weighted by Crippen LogP contribution is 2.35. The smallest absolute Gasteiger partial charge is 0.419 e. The minimum atomic E-state index is -4.90. The summed E-state index contributed by atoms with van der Waals surface area (Å²) >= 11 is -1.55. The number of aryl methyl sites for hydroxylation is 2. The predicted molar refractivity (Wildman–Crippen MR) is 160 cm³/mol. The van der Waals surface area contributed by atoms with Crippen LogP contribution in [0.5, 0.6) is 0 Å². The Balaban J connectivity index is 1.22. The Labute approximate surface area is 260 Å². The van der Waals surface area contributed by atoms with Gasteiger partial charge in [0, 0.05) is 37.3 Å². The van der Waals surface area contributed by atoms with Crippen molar-refractivity contribution in [1.29, 1.82) is 0 Å². The van der Waals surface area contributed by atoms with Gasteiger partial charge in [0.1, 0.15) is 22.6 Å². The van der Waals surface area contributed by atoms with Crippen LogP contribution in [0.15, 0.2) is 40.7 Å². The van der Waals surface area contributed by atoms with Crippen LogP contribution in [0.1, 0.15) is 63.9 Å². The highest BCUT2D eigenvalue weighted by molar-refractivity contribution is 7.92. The number of rotatable bonds is 6.